The van der Waals surface area contributed by atoms with E-state index in [-0.39, 0.29) is 11.7 Å². The lowest BCUT2D eigenvalue weighted by molar-refractivity contribution is -0.113. The zero-order chi connectivity index (χ0) is 23.8. The second-order valence-corrected chi connectivity index (χ2v) is 8.68. The topological polar surface area (TPSA) is 69.0 Å². The summed E-state index contributed by atoms with van der Waals surface area (Å²) in [5.74, 6) is 1.64. The van der Waals surface area contributed by atoms with Crippen molar-refractivity contribution >= 4 is 23.4 Å². The van der Waals surface area contributed by atoms with Crippen LogP contribution < -0.4 is 10.1 Å². The van der Waals surface area contributed by atoms with Crippen LogP contribution in [0.1, 0.15) is 18.1 Å². The van der Waals surface area contributed by atoms with E-state index in [0.29, 0.717) is 11.7 Å². The lowest BCUT2D eigenvalue weighted by atomic mass is 10.1. The minimum Gasteiger partial charge on any atom is -0.496 e. The number of methoxy groups -OCH3 is 1. The summed E-state index contributed by atoms with van der Waals surface area (Å²) in [5.41, 5.74) is 4.08. The molecule has 0 saturated heterocycles. The zero-order valence-electron chi connectivity index (χ0n) is 19.4. The molecule has 34 heavy (non-hydrogen) atoms. The maximum atomic E-state index is 12.7. The van der Waals surface area contributed by atoms with Crippen LogP contribution >= 0.6 is 11.8 Å². The average Bonchev–Trinajstić information content (AvgIpc) is 3.29. The van der Waals surface area contributed by atoms with Crippen molar-refractivity contribution in [2.24, 2.45) is 0 Å². The Kier molecular flexibility index (Phi) is 7.99. The number of nitrogens with one attached hydrogen (secondary N) is 1. The lowest BCUT2D eigenvalue weighted by Crippen LogP contribution is -2.16. The molecule has 7 heteroatoms. The van der Waals surface area contributed by atoms with Crippen molar-refractivity contribution in [2.75, 3.05) is 18.2 Å². The minimum absolute atomic E-state index is 0.0673. The van der Waals surface area contributed by atoms with Crippen LogP contribution in [0.25, 0.3) is 11.4 Å². The minimum atomic E-state index is -0.0673. The fourth-order valence-corrected chi connectivity index (χ4v) is 4.54. The number of aromatic nitrogens is 3. The fourth-order valence-electron chi connectivity index (χ4n) is 3.78. The van der Waals surface area contributed by atoms with Crippen molar-refractivity contribution in [3.63, 3.8) is 0 Å². The van der Waals surface area contributed by atoms with E-state index in [9.17, 15) is 4.79 Å². The second-order valence-electron chi connectivity index (χ2n) is 7.74. The number of benzene rings is 3. The molecule has 1 aromatic heterocycles. The van der Waals surface area contributed by atoms with Gasteiger partial charge in [-0.15, -0.1) is 10.2 Å². The molecule has 3 aromatic carbocycles. The number of carbonyl (C=O) groups is 1. The highest BCUT2D eigenvalue weighted by atomic mass is 32.2. The van der Waals surface area contributed by atoms with Crippen molar-refractivity contribution in [2.45, 2.75) is 31.5 Å². The Morgan fingerprint density at radius 1 is 0.971 bits per heavy atom. The summed E-state index contributed by atoms with van der Waals surface area (Å²) >= 11 is 1.39. The number of hydrogen-bond donors (Lipinski definition) is 1. The first-order valence-corrected chi connectivity index (χ1v) is 12.3. The number of nitrogens with zero attached hydrogens (tertiary/aromatic N) is 3. The van der Waals surface area contributed by atoms with Crippen molar-refractivity contribution in [3.8, 4) is 17.1 Å². The molecule has 0 unspecified atom stereocenters. The van der Waals surface area contributed by atoms with Crippen molar-refractivity contribution in [1.29, 1.82) is 0 Å². The van der Waals surface area contributed by atoms with Gasteiger partial charge in [-0.1, -0.05) is 79.3 Å². The van der Waals surface area contributed by atoms with Crippen LogP contribution in [0.15, 0.2) is 84.0 Å². The normalized spacial score (nSPS) is 10.8. The molecule has 1 N–H and O–H groups in total. The fraction of sp³-hybridized carbons (Fsp3) is 0.222. The standard InChI is InChI=1S/C27H28N4O2S/c1-3-21-13-7-9-15-23(21)28-25(32)19-34-27-30-29-26(22-14-8-10-16-24(22)33-2)31(27)18-17-20-11-5-4-6-12-20/h4-16H,3,17-19H2,1-2H3,(H,28,32). The van der Waals surface area contributed by atoms with Crippen LogP contribution in [0.4, 0.5) is 5.69 Å². The van der Waals surface area contributed by atoms with E-state index in [1.165, 1.54) is 17.3 Å². The highest BCUT2D eigenvalue weighted by molar-refractivity contribution is 7.99. The molecule has 0 aliphatic rings. The molecule has 174 valence electrons. The van der Waals surface area contributed by atoms with Crippen molar-refractivity contribution in [1.82, 2.24) is 14.8 Å². The molecule has 0 fully saturated rings. The van der Waals surface area contributed by atoms with E-state index in [0.717, 1.165) is 41.2 Å². The van der Waals surface area contributed by atoms with Gasteiger partial charge in [0.1, 0.15) is 5.75 Å². The number of thioether (sulfide) groups is 1. The summed E-state index contributed by atoms with van der Waals surface area (Å²) < 4.78 is 7.63. The van der Waals surface area contributed by atoms with E-state index in [1.54, 1.807) is 7.11 Å². The van der Waals surface area contributed by atoms with Crippen LogP contribution in [0.2, 0.25) is 0 Å². The third kappa shape index (κ3) is 5.66. The predicted molar refractivity (Wildman–Crippen MR) is 137 cm³/mol. The summed E-state index contributed by atoms with van der Waals surface area (Å²) in [4.78, 5) is 12.7. The molecule has 0 bridgehead atoms. The number of aryl methyl sites for hydroxylation is 2. The van der Waals surface area contributed by atoms with Crippen LogP contribution in [-0.2, 0) is 24.2 Å². The van der Waals surface area contributed by atoms with Gasteiger partial charge < -0.3 is 14.6 Å². The smallest absolute Gasteiger partial charge is 0.234 e. The molecule has 0 aliphatic carbocycles. The van der Waals surface area contributed by atoms with E-state index < -0.39 is 0 Å². The maximum Gasteiger partial charge on any atom is 0.234 e. The Hall–Kier alpha value is -3.58. The van der Waals surface area contributed by atoms with Gasteiger partial charge >= 0.3 is 0 Å². The van der Waals surface area contributed by atoms with Gasteiger partial charge in [0.2, 0.25) is 5.91 Å². The molecule has 1 amide bonds. The number of ether oxygens (including phenoxy) is 1. The van der Waals surface area contributed by atoms with E-state index in [2.05, 4.69) is 39.1 Å². The Labute approximate surface area is 204 Å². The summed E-state index contributed by atoms with van der Waals surface area (Å²) in [5, 5.41) is 12.6. The average molecular weight is 473 g/mol. The first-order valence-electron chi connectivity index (χ1n) is 11.3. The van der Waals surface area contributed by atoms with Gasteiger partial charge in [-0.2, -0.15) is 0 Å². The van der Waals surface area contributed by atoms with E-state index in [4.69, 9.17) is 4.74 Å². The van der Waals surface area contributed by atoms with Crippen LogP contribution in [0.5, 0.6) is 5.75 Å². The summed E-state index contributed by atoms with van der Waals surface area (Å²) in [6.07, 6.45) is 1.68. The SMILES string of the molecule is CCc1ccccc1NC(=O)CSc1nnc(-c2ccccc2OC)n1CCc1ccccc1. The molecule has 0 atom stereocenters. The first kappa shape index (κ1) is 23.6. The van der Waals surface area contributed by atoms with Gasteiger partial charge in [0.15, 0.2) is 11.0 Å². The molecule has 0 spiro atoms. The Morgan fingerprint density at radius 2 is 1.71 bits per heavy atom. The number of carbonyl (C=O) groups excluding carboxylic acids is 1. The number of hydrogen-bond acceptors (Lipinski definition) is 5. The highest BCUT2D eigenvalue weighted by Gasteiger charge is 2.18. The number of rotatable bonds is 10. The Balaban J connectivity index is 1.55. The van der Waals surface area contributed by atoms with Gasteiger partial charge in [-0.05, 0) is 42.2 Å². The second kappa shape index (κ2) is 11.5. The van der Waals surface area contributed by atoms with Gasteiger partial charge in [0.25, 0.3) is 0 Å². The largest absolute Gasteiger partial charge is 0.496 e. The molecule has 0 saturated carbocycles. The van der Waals surface area contributed by atoms with Crippen LogP contribution in [0.3, 0.4) is 0 Å². The monoisotopic (exact) mass is 472 g/mol. The third-order valence-corrected chi connectivity index (χ3v) is 6.50. The Morgan fingerprint density at radius 3 is 2.50 bits per heavy atom. The third-order valence-electron chi connectivity index (χ3n) is 5.54. The van der Waals surface area contributed by atoms with E-state index >= 15 is 0 Å². The van der Waals surface area contributed by atoms with Gasteiger partial charge in [0, 0.05) is 12.2 Å². The summed E-state index contributed by atoms with van der Waals surface area (Å²) in [6, 6.07) is 26.0. The molecule has 6 nitrogen and oxygen atoms in total. The molecule has 0 aliphatic heterocycles. The van der Waals surface area contributed by atoms with Crippen molar-refractivity contribution < 1.29 is 9.53 Å². The van der Waals surface area contributed by atoms with Gasteiger partial charge in [0.05, 0.1) is 18.4 Å². The molecule has 0 radical (unpaired) electrons. The maximum absolute atomic E-state index is 12.7. The number of para-hydroxylation sites is 2. The lowest BCUT2D eigenvalue weighted by Gasteiger charge is -2.13. The predicted octanol–water partition coefficient (Wildman–Crippen LogP) is 5.49. The molecular weight excluding hydrogens is 444 g/mol. The van der Waals surface area contributed by atoms with Crippen LogP contribution in [-0.4, -0.2) is 33.5 Å². The molecule has 4 aromatic rings. The number of amides is 1. The van der Waals surface area contributed by atoms with Gasteiger partial charge in [-0.3, -0.25) is 4.79 Å². The first-order chi connectivity index (χ1) is 16.7. The van der Waals surface area contributed by atoms with E-state index in [1.807, 2.05) is 66.7 Å². The highest BCUT2D eigenvalue weighted by Crippen LogP contribution is 2.31. The van der Waals surface area contributed by atoms with Crippen molar-refractivity contribution in [3.05, 3.63) is 90.0 Å². The summed E-state index contributed by atoms with van der Waals surface area (Å²) in [7, 11) is 1.65. The van der Waals surface area contributed by atoms with Crippen LogP contribution in [0, 0.1) is 0 Å². The molecule has 4 rings (SSSR count). The summed E-state index contributed by atoms with van der Waals surface area (Å²) in [6.45, 7) is 2.77. The number of anilines is 1. The quantitative estimate of drug-likeness (QED) is 0.309. The van der Waals surface area contributed by atoms with Gasteiger partial charge in [-0.25, -0.2) is 0 Å². The zero-order valence-corrected chi connectivity index (χ0v) is 20.2. The molecule has 1 heterocycles. The molecular formula is C27H28N4O2S. The Bertz CT molecular complexity index is 1240.